The first-order chi connectivity index (χ1) is 17.3. The van der Waals surface area contributed by atoms with E-state index >= 15 is 0 Å². The third-order valence-corrected chi connectivity index (χ3v) is 4.97. The number of ether oxygens (including phenoxy) is 3. The summed E-state index contributed by atoms with van der Waals surface area (Å²) in [6.07, 6.45) is -0.279. The fourth-order valence-corrected chi connectivity index (χ4v) is 3.07. The SMILES string of the molecule is COC(=O)c1ccc(NC(=O)COC(=O)CCC(=O)Nc2ccc(Oc3ccccc3C)cc2)cc1. The van der Waals surface area contributed by atoms with Gasteiger partial charge >= 0.3 is 11.9 Å². The first kappa shape index (κ1) is 26.0. The lowest BCUT2D eigenvalue weighted by atomic mass is 10.2. The molecule has 2 N–H and O–H groups in total. The van der Waals surface area contributed by atoms with E-state index in [9.17, 15) is 19.2 Å². The van der Waals surface area contributed by atoms with E-state index in [0.29, 0.717) is 22.7 Å². The van der Waals surface area contributed by atoms with Gasteiger partial charge < -0.3 is 24.8 Å². The molecule has 0 spiro atoms. The average Bonchev–Trinajstić information content (AvgIpc) is 2.88. The number of carbonyl (C=O) groups excluding carboxylic acids is 4. The number of hydrogen-bond donors (Lipinski definition) is 2. The van der Waals surface area contributed by atoms with E-state index in [-0.39, 0.29) is 18.7 Å². The Labute approximate surface area is 208 Å². The minimum Gasteiger partial charge on any atom is -0.465 e. The minimum atomic E-state index is -0.677. The molecule has 0 heterocycles. The number of aryl methyl sites for hydroxylation is 1. The van der Waals surface area contributed by atoms with Crippen molar-refractivity contribution in [3.63, 3.8) is 0 Å². The highest BCUT2D eigenvalue weighted by Crippen LogP contribution is 2.25. The molecule has 0 saturated carbocycles. The van der Waals surface area contributed by atoms with E-state index in [1.54, 1.807) is 24.3 Å². The molecule has 0 aliphatic carbocycles. The average molecular weight is 491 g/mol. The van der Waals surface area contributed by atoms with E-state index in [2.05, 4.69) is 15.4 Å². The van der Waals surface area contributed by atoms with Crippen LogP contribution >= 0.6 is 0 Å². The molecule has 9 heteroatoms. The Kier molecular flexibility index (Phi) is 9.16. The number of carbonyl (C=O) groups is 4. The summed E-state index contributed by atoms with van der Waals surface area (Å²) in [4.78, 5) is 47.4. The number of nitrogens with one attached hydrogen (secondary N) is 2. The quantitative estimate of drug-likeness (QED) is 0.402. The van der Waals surface area contributed by atoms with Gasteiger partial charge in [0.1, 0.15) is 11.5 Å². The summed E-state index contributed by atoms with van der Waals surface area (Å²) in [6.45, 7) is 1.45. The van der Waals surface area contributed by atoms with Gasteiger partial charge in [-0.3, -0.25) is 14.4 Å². The minimum absolute atomic E-state index is 0.100. The summed E-state index contributed by atoms with van der Waals surface area (Å²) in [6, 6.07) is 20.6. The largest absolute Gasteiger partial charge is 0.465 e. The molecular weight excluding hydrogens is 464 g/mol. The summed E-state index contributed by atoms with van der Waals surface area (Å²) < 4.78 is 15.3. The van der Waals surface area contributed by atoms with Gasteiger partial charge in [-0.15, -0.1) is 0 Å². The fraction of sp³-hybridized carbons (Fsp3) is 0.185. The van der Waals surface area contributed by atoms with Gasteiger partial charge in [0.05, 0.1) is 19.1 Å². The summed E-state index contributed by atoms with van der Waals surface area (Å²) in [5.41, 5.74) is 2.33. The summed E-state index contributed by atoms with van der Waals surface area (Å²) in [5, 5.41) is 5.24. The summed E-state index contributed by atoms with van der Waals surface area (Å²) in [7, 11) is 1.27. The van der Waals surface area contributed by atoms with Crippen LogP contribution in [-0.2, 0) is 23.9 Å². The molecular formula is C27H26N2O7. The van der Waals surface area contributed by atoms with Gasteiger partial charge in [-0.05, 0) is 67.1 Å². The standard InChI is InChI=1S/C27H26N2O7/c1-18-5-3-4-6-23(18)36-22-13-11-21(12-14-22)28-24(30)15-16-26(32)35-17-25(31)29-20-9-7-19(8-10-20)27(33)34-2/h3-14H,15-17H2,1-2H3,(H,28,30)(H,29,31). The molecule has 0 atom stereocenters. The van der Waals surface area contributed by atoms with Gasteiger partial charge in [-0.2, -0.15) is 0 Å². The van der Waals surface area contributed by atoms with Gasteiger partial charge in [-0.25, -0.2) is 4.79 Å². The lowest BCUT2D eigenvalue weighted by Gasteiger charge is -2.10. The van der Waals surface area contributed by atoms with Crippen LogP contribution < -0.4 is 15.4 Å². The molecule has 0 saturated heterocycles. The number of methoxy groups -OCH3 is 1. The van der Waals surface area contributed by atoms with E-state index in [0.717, 1.165) is 11.3 Å². The number of benzene rings is 3. The van der Waals surface area contributed by atoms with Crippen LogP contribution in [0.4, 0.5) is 11.4 Å². The molecule has 0 fully saturated rings. The number of esters is 2. The molecule has 0 unspecified atom stereocenters. The van der Waals surface area contributed by atoms with Crippen LogP contribution in [0.3, 0.4) is 0 Å². The van der Waals surface area contributed by atoms with E-state index < -0.39 is 24.5 Å². The Balaban J connectivity index is 1.36. The predicted octanol–water partition coefficient (Wildman–Crippen LogP) is 4.47. The van der Waals surface area contributed by atoms with Gasteiger partial charge in [0.25, 0.3) is 5.91 Å². The van der Waals surface area contributed by atoms with Crippen molar-refractivity contribution in [3.8, 4) is 11.5 Å². The Morgan fingerprint density at radius 2 is 1.36 bits per heavy atom. The number of amides is 2. The monoisotopic (exact) mass is 490 g/mol. The van der Waals surface area contributed by atoms with Crippen molar-refractivity contribution < 1.29 is 33.4 Å². The highest BCUT2D eigenvalue weighted by Gasteiger charge is 2.12. The molecule has 0 aliphatic rings. The van der Waals surface area contributed by atoms with Crippen molar-refractivity contribution in [1.29, 1.82) is 0 Å². The highest BCUT2D eigenvalue weighted by atomic mass is 16.5. The van der Waals surface area contributed by atoms with E-state index in [4.69, 9.17) is 9.47 Å². The lowest BCUT2D eigenvalue weighted by molar-refractivity contribution is -0.147. The van der Waals surface area contributed by atoms with Crippen LogP contribution in [0.5, 0.6) is 11.5 Å². The highest BCUT2D eigenvalue weighted by molar-refractivity contribution is 5.95. The second-order valence-electron chi connectivity index (χ2n) is 7.72. The normalized spacial score (nSPS) is 10.2. The van der Waals surface area contributed by atoms with Crippen LogP contribution in [-0.4, -0.2) is 37.5 Å². The molecule has 0 aliphatic heterocycles. The van der Waals surface area contributed by atoms with Crippen molar-refractivity contribution in [2.45, 2.75) is 19.8 Å². The van der Waals surface area contributed by atoms with Crippen molar-refractivity contribution in [2.24, 2.45) is 0 Å². The molecule has 0 radical (unpaired) electrons. The molecule has 3 rings (SSSR count). The number of hydrogen-bond acceptors (Lipinski definition) is 7. The zero-order valence-electron chi connectivity index (χ0n) is 19.9. The van der Waals surface area contributed by atoms with Crippen molar-refractivity contribution in [1.82, 2.24) is 0 Å². The second kappa shape index (κ2) is 12.7. The lowest BCUT2D eigenvalue weighted by Crippen LogP contribution is -2.21. The van der Waals surface area contributed by atoms with E-state index in [1.807, 2.05) is 31.2 Å². The van der Waals surface area contributed by atoms with Crippen molar-refractivity contribution in [2.75, 3.05) is 24.4 Å². The molecule has 9 nitrogen and oxygen atoms in total. The van der Waals surface area contributed by atoms with Crippen LogP contribution in [0.2, 0.25) is 0 Å². The third-order valence-electron chi connectivity index (χ3n) is 4.97. The maximum absolute atomic E-state index is 12.2. The van der Waals surface area contributed by atoms with Crippen LogP contribution in [0.15, 0.2) is 72.8 Å². The summed E-state index contributed by atoms with van der Waals surface area (Å²) in [5.74, 6) is -0.707. The number of rotatable bonds is 10. The third kappa shape index (κ3) is 7.98. The van der Waals surface area contributed by atoms with Gasteiger partial charge in [0, 0.05) is 17.8 Å². The van der Waals surface area contributed by atoms with Gasteiger partial charge in [0.15, 0.2) is 6.61 Å². The Hall–Kier alpha value is -4.66. The van der Waals surface area contributed by atoms with Crippen LogP contribution in [0, 0.1) is 6.92 Å². The maximum Gasteiger partial charge on any atom is 0.337 e. The Morgan fingerprint density at radius 3 is 2.00 bits per heavy atom. The Morgan fingerprint density at radius 1 is 0.750 bits per heavy atom. The Bertz CT molecular complexity index is 1220. The van der Waals surface area contributed by atoms with Gasteiger partial charge in [-0.1, -0.05) is 18.2 Å². The number of anilines is 2. The number of para-hydroxylation sites is 1. The van der Waals surface area contributed by atoms with Crippen molar-refractivity contribution in [3.05, 3.63) is 83.9 Å². The zero-order valence-corrected chi connectivity index (χ0v) is 19.9. The van der Waals surface area contributed by atoms with Crippen molar-refractivity contribution >= 4 is 35.1 Å². The second-order valence-corrected chi connectivity index (χ2v) is 7.72. The fourth-order valence-electron chi connectivity index (χ4n) is 3.07. The zero-order chi connectivity index (χ0) is 25.9. The molecule has 3 aromatic carbocycles. The molecule has 36 heavy (non-hydrogen) atoms. The molecule has 3 aromatic rings. The topological polar surface area (TPSA) is 120 Å². The van der Waals surface area contributed by atoms with Crippen LogP contribution in [0.25, 0.3) is 0 Å². The first-order valence-electron chi connectivity index (χ1n) is 11.1. The van der Waals surface area contributed by atoms with Gasteiger partial charge in [0.2, 0.25) is 5.91 Å². The predicted molar refractivity (Wildman–Crippen MR) is 133 cm³/mol. The molecule has 2 amide bonds. The summed E-state index contributed by atoms with van der Waals surface area (Å²) >= 11 is 0. The molecule has 186 valence electrons. The molecule has 0 bridgehead atoms. The maximum atomic E-state index is 12.2. The van der Waals surface area contributed by atoms with E-state index in [1.165, 1.54) is 31.4 Å². The molecule has 0 aromatic heterocycles. The first-order valence-corrected chi connectivity index (χ1v) is 11.1. The van der Waals surface area contributed by atoms with Crippen LogP contribution in [0.1, 0.15) is 28.8 Å². The smallest absolute Gasteiger partial charge is 0.337 e.